The number of imide groups is 1. The van der Waals surface area contributed by atoms with Crippen molar-refractivity contribution in [3.05, 3.63) is 23.9 Å². The van der Waals surface area contributed by atoms with Crippen molar-refractivity contribution in [1.29, 1.82) is 0 Å². The van der Waals surface area contributed by atoms with Gasteiger partial charge >= 0.3 is 6.03 Å². The molecule has 1 saturated carbocycles. The van der Waals surface area contributed by atoms with Crippen molar-refractivity contribution in [3.63, 3.8) is 0 Å². The molecule has 1 aromatic rings. The van der Waals surface area contributed by atoms with E-state index in [0.717, 1.165) is 44.3 Å². The Labute approximate surface area is 148 Å². The number of rotatable bonds is 5. The number of urea groups is 1. The molecule has 2 aliphatic rings. The predicted molar refractivity (Wildman–Crippen MR) is 93.4 cm³/mol. The first kappa shape index (κ1) is 17.7. The first-order valence-corrected chi connectivity index (χ1v) is 8.96. The highest BCUT2D eigenvalue weighted by Crippen LogP contribution is 2.19. The lowest BCUT2D eigenvalue weighted by Crippen LogP contribution is -2.52. The highest BCUT2D eigenvalue weighted by Gasteiger charge is 2.29. The van der Waals surface area contributed by atoms with Crippen LogP contribution in [0.4, 0.5) is 4.79 Å². The Hall–Kier alpha value is -2.15. The van der Waals surface area contributed by atoms with Gasteiger partial charge in [0, 0.05) is 31.4 Å². The van der Waals surface area contributed by atoms with Crippen molar-refractivity contribution >= 4 is 11.9 Å². The summed E-state index contributed by atoms with van der Waals surface area (Å²) in [5, 5.41) is 5.20. The molecule has 1 aliphatic heterocycles. The Morgan fingerprint density at radius 2 is 1.96 bits per heavy atom. The highest BCUT2D eigenvalue weighted by atomic mass is 16.5. The zero-order chi connectivity index (χ0) is 17.8. The topological polar surface area (TPSA) is 83.6 Å². The van der Waals surface area contributed by atoms with Gasteiger partial charge in [-0.1, -0.05) is 6.07 Å². The summed E-state index contributed by atoms with van der Waals surface area (Å²) in [6, 6.07) is 3.39. The third kappa shape index (κ3) is 5.16. The summed E-state index contributed by atoms with van der Waals surface area (Å²) in [6.45, 7) is 5.35. The van der Waals surface area contributed by atoms with E-state index in [2.05, 4.69) is 20.5 Å². The number of piperidine rings is 1. The van der Waals surface area contributed by atoms with Crippen LogP contribution in [0.2, 0.25) is 0 Å². The minimum Gasteiger partial charge on any atom is -0.474 e. The minimum absolute atomic E-state index is 0.111. The summed E-state index contributed by atoms with van der Waals surface area (Å²) in [7, 11) is 0. The van der Waals surface area contributed by atoms with E-state index in [1.54, 1.807) is 6.20 Å². The normalized spacial score (nSPS) is 19.9. The van der Waals surface area contributed by atoms with Gasteiger partial charge in [0.1, 0.15) is 6.10 Å². The summed E-state index contributed by atoms with van der Waals surface area (Å²) < 4.78 is 5.91. The van der Waals surface area contributed by atoms with E-state index < -0.39 is 0 Å². The second-order valence-corrected chi connectivity index (χ2v) is 6.94. The number of carbonyl (C=O) groups is 2. The van der Waals surface area contributed by atoms with Gasteiger partial charge in [-0.2, -0.15) is 0 Å². The van der Waals surface area contributed by atoms with Gasteiger partial charge in [-0.25, -0.2) is 9.78 Å². The van der Waals surface area contributed by atoms with Crippen LogP contribution in [0.1, 0.15) is 38.2 Å². The average Bonchev–Trinajstić information content (AvgIpc) is 3.40. The largest absolute Gasteiger partial charge is 0.474 e. The number of hydrogen-bond acceptors (Lipinski definition) is 5. The number of pyridine rings is 1. The smallest absolute Gasteiger partial charge is 0.321 e. The number of ether oxygens (including phenoxy) is 1. The van der Waals surface area contributed by atoms with Crippen LogP contribution < -0.4 is 15.4 Å². The maximum absolute atomic E-state index is 12.2. The zero-order valence-electron chi connectivity index (χ0n) is 14.8. The summed E-state index contributed by atoms with van der Waals surface area (Å²) >= 11 is 0. The lowest BCUT2D eigenvalue weighted by molar-refractivity contribution is -0.125. The summed E-state index contributed by atoms with van der Waals surface area (Å²) in [5.74, 6) is 0.393. The van der Waals surface area contributed by atoms with Crippen molar-refractivity contribution in [1.82, 2.24) is 20.5 Å². The number of nitrogens with one attached hydrogen (secondary N) is 2. The SMILES string of the molecule is Cc1ccc(OC2CCN([C@H](C)C(=O)NC(=O)NC3CC3)CC2)nc1. The maximum Gasteiger partial charge on any atom is 0.321 e. The van der Waals surface area contributed by atoms with Gasteiger partial charge in [0.05, 0.1) is 6.04 Å². The molecule has 0 bridgehead atoms. The quantitative estimate of drug-likeness (QED) is 0.846. The second-order valence-electron chi connectivity index (χ2n) is 6.94. The van der Waals surface area contributed by atoms with Gasteiger partial charge in [0.25, 0.3) is 0 Å². The van der Waals surface area contributed by atoms with Crippen molar-refractivity contribution in [2.45, 2.75) is 57.7 Å². The first-order chi connectivity index (χ1) is 12.0. The molecule has 25 heavy (non-hydrogen) atoms. The molecule has 7 nitrogen and oxygen atoms in total. The van der Waals surface area contributed by atoms with Gasteiger partial charge in [-0.05, 0) is 45.1 Å². The molecule has 1 atom stereocenters. The molecule has 0 radical (unpaired) electrons. The molecule has 3 rings (SSSR count). The van der Waals surface area contributed by atoms with Gasteiger partial charge in [0.15, 0.2) is 0 Å². The number of hydrogen-bond donors (Lipinski definition) is 2. The van der Waals surface area contributed by atoms with Crippen LogP contribution in [0.5, 0.6) is 5.88 Å². The van der Waals surface area contributed by atoms with Crippen LogP contribution >= 0.6 is 0 Å². The Morgan fingerprint density at radius 3 is 2.56 bits per heavy atom. The Bertz CT molecular complexity index is 607. The third-order valence-electron chi connectivity index (χ3n) is 4.72. The average molecular weight is 346 g/mol. The fourth-order valence-corrected chi connectivity index (χ4v) is 2.91. The lowest BCUT2D eigenvalue weighted by Gasteiger charge is -2.35. The van der Waals surface area contributed by atoms with E-state index >= 15 is 0 Å². The van der Waals surface area contributed by atoms with Gasteiger partial charge in [0.2, 0.25) is 11.8 Å². The first-order valence-electron chi connectivity index (χ1n) is 8.96. The second kappa shape index (κ2) is 7.82. The molecule has 136 valence electrons. The predicted octanol–water partition coefficient (Wildman–Crippen LogP) is 1.61. The maximum atomic E-state index is 12.2. The molecule has 7 heteroatoms. The van der Waals surface area contributed by atoms with Gasteiger partial charge in [-0.3, -0.25) is 15.0 Å². The van der Waals surface area contributed by atoms with Gasteiger partial charge < -0.3 is 10.1 Å². The van der Waals surface area contributed by atoms with Crippen LogP contribution in [0.15, 0.2) is 18.3 Å². The molecule has 0 aromatic carbocycles. The van der Waals surface area contributed by atoms with E-state index in [9.17, 15) is 9.59 Å². The van der Waals surface area contributed by atoms with Crippen LogP contribution in [-0.4, -0.2) is 53.1 Å². The van der Waals surface area contributed by atoms with E-state index in [1.165, 1.54) is 0 Å². The van der Waals surface area contributed by atoms with Gasteiger partial charge in [-0.15, -0.1) is 0 Å². The lowest BCUT2D eigenvalue weighted by atomic mass is 10.1. The summed E-state index contributed by atoms with van der Waals surface area (Å²) in [5.41, 5.74) is 1.10. The fourth-order valence-electron chi connectivity index (χ4n) is 2.91. The van der Waals surface area contributed by atoms with E-state index in [0.29, 0.717) is 5.88 Å². The van der Waals surface area contributed by atoms with E-state index in [4.69, 9.17) is 4.74 Å². The summed E-state index contributed by atoms with van der Waals surface area (Å²) in [6.07, 6.45) is 5.58. The monoisotopic (exact) mass is 346 g/mol. The molecule has 0 unspecified atom stereocenters. The Balaban J connectivity index is 1.41. The molecule has 2 N–H and O–H groups in total. The fraction of sp³-hybridized carbons (Fsp3) is 0.611. The van der Waals surface area contributed by atoms with Crippen LogP contribution in [0, 0.1) is 6.92 Å². The highest BCUT2D eigenvalue weighted by molar-refractivity contribution is 5.97. The number of carbonyl (C=O) groups excluding carboxylic acids is 2. The van der Waals surface area contributed by atoms with E-state index in [1.807, 2.05) is 26.0 Å². The number of aryl methyl sites for hydroxylation is 1. The molecule has 0 spiro atoms. The number of aromatic nitrogens is 1. The van der Waals surface area contributed by atoms with Crippen LogP contribution in [0.3, 0.4) is 0 Å². The Kier molecular flexibility index (Phi) is 5.53. The number of nitrogens with zero attached hydrogens (tertiary/aromatic N) is 2. The van der Waals surface area contributed by atoms with Crippen LogP contribution in [0.25, 0.3) is 0 Å². The van der Waals surface area contributed by atoms with E-state index in [-0.39, 0.29) is 30.1 Å². The van der Waals surface area contributed by atoms with Crippen molar-refractivity contribution in [2.75, 3.05) is 13.1 Å². The molecule has 1 aliphatic carbocycles. The summed E-state index contributed by atoms with van der Waals surface area (Å²) in [4.78, 5) is 30.2. The molecule has 2 heterocycles. The zero-order valence-corrected chi connectivity index (χ0v) is 14.8. The minimum atomic E-state index is -0.386. The van der Waals surface area contributed by atoms with Crippen molar-refractivity contribution in [2.24, 2.45) is 0 Å². The number of likely N-dealkylation sites (tertiary alicyclic amines) is 1. The molecule has 3 amide bonds. The molecule has 2 fully saturated rings. The molecule has 1 saturated heterocycles. The molecule has 1 aromatic heterocycles. The standard InChI is InChI=1S/C18H26N4O3/c1-12-3-6-16(19-11-12)25-15-7-9-22(10-8-15)13(2)17(23)21-18(24)20-14-4-5-14/h3,6,11,13-15H,4-5,7-10H2,1-2H3,(H2,20,21,23,24)/t13-/m1/s1. The molecular weight excluding hydrogens is 320 g/mol. The van der Waals surface area contributed by atoms with Crippen LogP contribution in [-0.2, 0) is 4.79 Å². The van der Waals surface area contributed by atoms with Crippen molar-refractivity contribution in [3.8, 4) is 5.88 Å². The molecular formula is C18H26N4O3. The Morgan fingerprint density at radius 1 is 1.24 bits per heavy atom. The number of amides is 3. The van der Waals surface area contributed by atoms with Crippen molar-refractivity contribution < 1.29 is 14.3 Å². The third-order valence-corrected chi connectivity index (χ3v) is 4.72.